The molecule has 4 rings (SSSR count). The molecule has 2 aliphatic rings. The highest BCUT2D eigenvalue weighted by atomic mass is 19.2. The summed E-state index contributed by atoms with van der Waals surface area (Å²) in [6.45, 7) is 5.06. The highest BCUT2D eigenvalue weighted by Crippen LogP contribution is 2.41. The van der Waals surface area contributed by atoms with Crippen LogP contribution in [-0.4, -0.2) is 19.3 Å². The molecule has 5 heteroatoms. The zero-order valence-electron chi connectivity index (χ0n) is 20.9. The zero-order valence-corrected chi connectivity index (χ0v) is 20.9. The van der Waals surface area contributed by atoms with Crippen molar-refractivity contribution in [2.24, 2.45) is 5.92 Å². The first kappa shape index (κ1) is 25.8. The Morgan fingerprint density at radius 1 is 0.771 bits per heavy atom. The van der Waals surface area contributed by atoms with Gasteiger partial charge in [-0.3, -0.25) is 0 Å². The zero-order chi connectivity index (χ0) is 24.8. The van der Waals surface area contributed by atoms with Crippen LogP contribution in [0.3, 0.4) is 0 Å². The van der Waals surface area contributed by atoms with Crippen molar-refractivity contribution in [2.75, 3.05) is 13.2 Å². The smallest absolute Gasteiger partial charge is 0.162 e. The van der Waals surface area contributed by atoms with Crippen molar-refractivity contribution in [3.63, 3.8) is 0 Å². The summed E-state index contributed by atoms with van der Waals surface area (Å²) in [5.74, 6) is -0.686. The van der Waals surface area contributed by atoms with E-state index in [-0.39, 0.29) is 23.8 Å². The molecule has 35 heavy (non-hydrogen) atoms. The Bertz CT molecular complexity index is 1000. The van der Waals surface area contributed by atoms with Gasteiger partial charge < -0.3 is 9.47 Å². The lowest BCUT2D eigenvalue weighted by molar-refractivity contribution is 0.0325. The number of ether oxygens (including phenoxy) is 2. The molecule has 0 amide bonds. The number of hydrogen-bond donors (Lipinski definition) is 0. The van der Waals surface area contributed by atoms with Gasteiger partial charge in [-0.2, -0.15) is 0 Å². The molecule has 0 aliphatic heterocycles. The Morgan fingerprint density at radius 2 is 1.37 bits per heavy atom. The molecule has 0 aromatic heterocycles. The second-order valence-electron chi connectivity index (χ2n) is 9.89. The second kappa shape index (κ2) is 12.1. The fourth-order valence-corrected chi connectivity index (χ4v) is 5.75. The Labute approximate surface area is 207 Å². The number of halogens is 3. The molecular weight excluding hydrogens is 449 g/mol. The van der Waals surface area contributed by atoms with E-state index < -0.39 is 11.6 Å². The summed E-state index contributed by atoms with van der Waals surface area (Å²) in [5, 5.41) is 0. The Kier molecular flexibility index (Phi) is 8.94. The van der Waals surface area contributed by atoms with Crippen LogP contribution in [0.5, 0.6) is 5.75 Å². The Hall–Kier alpha value is -2.27. The third-order valence-corrected chi connectivity index (χ3v) is 7.70. The maximum atomic E-state index is 15.1. The van der Waals surface area contributed by atoms with Gasteiger partial charge in [0, 0.05) is 18.2 Å². The molecule has 0 heterocycles. The molecule has 0 spiro atoms. The van der Waals surface area contributed by atoms with Gasteiger partial charge in [0.1, 0.15) is 11.6 Å². The van der Waals surface area contributed by atoms with Crippen molar-refractivity contribution < 1.29 is 22.6 Å². The Morgan fingerprint density at radius 3 is 1.91 bits per heavy atom. The molecule has 0 atom stereocenters. The van der Waals surface area contributed by atoms with E-state index in [1.165, 1.54) is 6.07 Å². The first-order chi connectivity index (χ1) is 17.0. The van der Waals surface area contributed by atoms with E-state index in [1.54, 1.807) is 12.1 Å². The molecule has 0 saturated heterocycles. The van der Waals surface area contributed by atoms with Gasteiger partial charge >= 0.3 is 0 Å². The van der Waals surface area contributed by atoms with Gasteiger partial charge in [0.25, 0.3) is 0 Å². The van der Waals surface area contributed by atoms with E-state index in [4.69, 9.17) is 9.47 Å². The normalized spacial score (nSPS) is 25.2. The van der Waals surface area contributed by atoms with Gasteiger partial charge in [-0.25, -0.2) is 13.2 Å². The van der Waals surface area contributed by atoms with E-state index in [1.807, 2.05) is 38.1 Å². The number of rotatable bonds is 8. The van der Waals surface area contributed by atoms with Crippen molar-refractivity contribution >= 4 is 6.08 Å². The predicted molar refractivity (Wildman–Crippen MR) is 134 cm³/mol. The lowest BCUT2D eigenvalue weighted by atomic mass is 9.77. The van der Waals surface area contributed by atoms with Gasteiger partial charge in [-0.1, -0.05) is 24.3 Å². The van der Waals surface area contributed by atoms with Crippen LogP contribution in [0.1, 0.15) is 93.7 Å². The summed E-state index contributed by atoms with van der Waals surface area (Å²) in [7, 11) is 0. The molecule has 0 radical (unpaired) electrons. The van der Waals surface area contributed by atoms with Crippen molar-refractivity contribution in [1.29, 1.82) is 0 Å². The molecule has 2 saturated carbocycles. The third-order valence-electron chi connectivity index (χ3n) is 7.70. The van der Waals surface area contributed by atoms with Crippen LogP contribution in [0, 0.1) is 23.4 Å². The van der Waals surface area contributed by atoms with E-state index >= 15 is 8.78 Å². The summed E-state index contributed by atoms with van der Waals surface area (Å²) < 4.78 is 55.5. The summed E-state index contributed by atoms with van der Waals surface area (Å²) in [6, 6.07) is 8.55. The van der Waals surface area contributed by atoms with Crippen molar-refractivity contribution in [2.45, 2.75) is 83.2 Å². The maximum Gasteiger partial charge on any atom is 0.162 e. The van der Waals surface area contributed by atoms with Crippen LogP contribution in [0.25, 0.3) is 6.08 Å². The van der Waals surface area contributed by atoms with Crippen LogP contribution >= 0.6 is 0 Å². The fourth-order valence-electron chi connectivity index (χ4n) is 5.75. The number of benzene rings is 2. The van der Waals surface area contributed by atoms with Crippen LogP contribution in [0.4, 0.5) is 13.2 Å². The number of hydrogen-bond acceptors (Lipinski definition) is 2. The molecule has 0 bridgehead atoms. The van der Waals surface area contributed by atoms with E-state index in [0.29, 0.717) is 41.6 Å². The van der Waals surface area contributed by atoms with Crippen LogP contribution in [-0.2, 0) is 4.74 Å². The van der Waals surface area contributed by atoms with Gasteiger partial charge in [0.05, 0.1) is 12.7 Å². The highest BCUT2D eigenvalue weighted by molar-refractivity contribution is 5.52. The average molecular weight is 487 g/mol. The molecule has 190 valence electrons. The first-order valence-electron chi connectivity index (χ1n) is 13.2. The molecule has 0 N–H and O–H groups in total. The standard InChI is InChI=1S/C30H37F3O2/c1-3-34-24-14-11-22(12-15-24)27-18-17-26(29(32)30(27)33)21-8-5-20(6-9-21)7-10-23-13-16-25(35-4-2)19-28(23)31/h7,10,13,16-22,24H,3-6,8-9,11-12,14-15H2,1-2H3/b10-7+. The van der Waals surface area contributed by atoms with Gasteiger partial charge in [0.2, 0.25) is 0 Å². The minimum Gasteiger partial charge on any atom is -0.494 e. The highest BCUT2D eigenvalue weighted by Gasteiger charge is 2.29. The van der Waals surface area contributed by atoms with Gasteiger partial charge in [0.15, 0.2) is 11.6 Å². The average Bonchev–Trinajstić information content (AvgIpc) is 2.87. The number of allylic oxidation sites excluding steroid dienone is 1. The fraction of sp³-hybridized carbons (Fsp3) is 0.533. The summed E-state index contributed by atoms with van der Waals surface area (Å²) in [5.41, 5.74) is 1.57. The summed E-state index contributed by atoms with van der Waals surface area (Å²) >= 11 is 0. The van der Waals surface area contributed by atoms with Crippen LogP contribution < -0.4 is 4.74 Å². The first-order valence-corrected chi connectivity index (χ1v) is 13.2. The second-order valence-corrected chi connectivity index (χ2v) is 9.89. The monoisotopic (exact) mass is 486 g/mol. The summed E-state index contributed by atoms with van der Waals surface area (Å²) in [6.07, 6.45) is 11.0. The molecule has 0 unspecified atom stereocenters. The molecule has 2 aliphatic carbocycles. The third kappa shape index (κ3) is 6.30. The van der Waals surface area contributed by atoms with Crippen LogP contribution in [0.2, 0.25) is 0 Å². The topological polar surface area (TPSA) is 18.5 Å². The van der Waals surface area contributed by atoms with Crippen LogP contribution in [0.15, 0.2) is 36.4 Å². The lowest BCUT2D eigenvalue weighted by Gasteiger charge is -2.30. The van der Waals surface area contributed by atoms with E-state index in [9.17, 15) is 4.39 Å². The largest absolute Gasteiger partial charge is 0.494 e. The van der Waals surface area contributed by atoms with Crippen molar-refractivity contribution in [3.05, 3.63) is 70.5 Å². The molecule has 2 aromatic carbocycles. The SMILES string of the molecule is CCOc1ccc(/C=C/C2CCC(c3ccc(C4CCC(OCC)CC4)c(F)c3F)CC2)c(F)c1. The minimum absolute atomic E-state index is 0.0269. The van der Waals surface area contributed by atoms with Gasteiger partial charge in [-0.05, 0) is 106 Å². The maximum absolute atomic E-state index is 15.1. The van der Waals surface area contributed by atoms with Gasteiger partial charge in [-0.15, -0.1) is 0 Å². The molecule has 2 fully saturated rings. The quantitative estimate of drug-likeness (QED) is 0.372. The van der Waals surface area contributed by atoms with Crippen molar-refractivity contribution in [1.82, 2.24) is 0 Å². The predicted octanol–water partition coefficient (Wildman–Crippen LogP) is 8.55. The van der Waals surface area contributed by atoms with E-state index in [0.717, 1.165) is 51.4 Å². The minimum atomic E-state index is -0.662. The molecular formula is C30H37F3O2. The molecule has 2 aromatic rings. The Balaban J connectivity index is 1.34. The van der Waals surface area contributed by atoms with Crippen molar-refractivity contribution in [3.8, 4) is 5.75 Å². The summed E-state index contributed by atoms with van der Waals surface area (Å²) in [4.78, 5) is 0. The van der Waals surface area contributed by atoms with E-state index in [2.05, 4.69) is 0 Å². The molecule has 2 nitrogen and oxygen atoms in total. The lowest BCUT2D eigenvalue weighted by Crippen LogP contribution is -2.21.